The fourth-order valence-electron chi connectivity index (χ4n) is 1.34. The molecule has 0 saturated heterocycles. The molecule has 1 amide bonds. The van der Waals surface area contributed by atoms with Gasteiger partial charge < -0.3 is 10.1 Å². The van der Waals surface area contributed by atoms with Crippen molar-refractivity contribution in [1.29, 1.82) is 0 Å². The molecule has 0 atom stereocenters. The summed E-state index contributed by atoms with van der Waals surface area (Å²) in [4.78, 5) is 33.4. The third-order valence-corrected chi connectivity index (χ3v) is 2.36. The first kappa shape index (κ1) is 14.2. The minimum absolute atomic E-state index is 0.232. The van der Waals surface area contributed by atoms with E-state index in [0.717, 1.165) is 0 Å². The van der Waals surface area contributed by atoms with Gasteiger partial charge in [-0.05, 0) is 19.1 Å². The van der Waals surface area contributed by atoms with Crippen LogP contribution in [0.4, 0.5) is 5.69 Å². The number of carbonyl (C=O) groups is 3. The number of anilines is 1. The molecule has 0 unspecified atom stereocenters. The number of ether oxygens (including phenoxy) is 1. The van der Waals surface area contributed by atoms with Crippen LogP contribution in [0.1, 0.15) is 24.2 Å². The van der Waals surface area contributed by atoms with Gasteiger partial charge in [-0.3, -0.25) is 14.4 Å². The highest BCUT2D eigenvalue weighted by molar-refractivity contribution is 6.34. The lowest BCUT2D eigenvalue weighted by Crippen LogP contribution is -2.21. The maximum Gasteiger partial charge on any atom is 0.303 e. The predicted molar refractivity (Wildman–Crippen MR) is 66.7 cm³/mol. The highest BCUT2D eigenvalue weighted by Gasteiger charge is 2.14. The standard InChI is InChI=1S/C12H12ClNO4/c1-7(15)12-9(13)4-3-5-10(12)14-11(17)6-18-8(2)16/h3-5H,6H2,1-2H3,(H,14,17). The minimum Gasteiger partial charge on any atom is -0.456 e. The fourth-order valence-corrected chi connectivity index (χ4v) is 1.65. The summed E-state index contributed by atoms with van der Waals surface area (Å²) in [5.74, 6) is -1.35. The first-order valence-electron chi connectivity index (χ1n) is 5.14. The molecule has 0 bridgehead atoms. The second kappa shape index (κ2) is 6.16. The van der Waals surface area contributed by atoms with Crippen LogP contribution in [-0.4, -0.2) is 24.3 Å². The van der Waals surface area contributed by atoms with E-state index in [2.05, 4.69) is 10.1 Å². The monoisotopic (exact) mass is 269 g/mol. The van der Waals surface area contributed by atoms with E-state index in [1.165, 1.54) is 13.8 Å². The summed E-state index contributed by atoms with van der Waals surface area (Å²) in [6, 6.07) is 4.71. The molecule has 0 aromatic heterocycles. The van der Waals surface area contributed by atoms with Gasteiger partial charge >= 0.3 is 5.97 Å². The van der Waals surface area contributed by atoms with Crippen molar-refractivity contribution in [3.05, 3.63) is 28.8 Å². The Morgan fingerprint density at radius 3 is 2.50 bits per heavy atom. The molecule has 1 N–H and O–H groups in total. The summed E-state index contributed by atoms with van der Waals surface area (Å²) in [5.41, 5.74) is 0.530. The van der Waals surface area contributed by atoms with Gasteiger partial charge in [-0.15, -0.1) is 0 Å². The van der Waals surface area contributed by atoms with Gasteiger partial charge in [0.15, 0.2) is 12.4 Å². The molecular formula is C12H12ClNO4. The zero-order valence-electron chi connectivity index (χ0n) is 9.95. The predicted octanol–water partition coefficient (Wildman–Crippen LogP) is 2.04. The lowest BCUT2D eigenvalue weighted by Gasteiger charge is -2.10. The van der Waals surface area contributed by atoms with Gasteiger partial charge in [0.1, 0.15) is 0 Å². The van der Waals surface area contributed by atoms with Crippen LogP contribution in [0.25, 0.3) is 0 Å². The zero-order valence-corrected chi connectivity index (χ0v) is 10.7. The van der Waals surface area contributed by atoms with Crippen molar-refractivity contribution in [2.75, 3.05) is 11.9 Å². The highest BCUT2D eigenvalue weighted by Crippen LogP contribution is 2.24. The molecule has 0 radical (unpaired) electrons. The fraction of sp³-hybridized carbons (Fsp3) is 0.250. The van der Waals surface area contributed by atoms with Crippen molar-refractivity contribution in [2.24, 2.45) is 0 Å². The largest absolute Gasteiger partial charge is 0.456 e. The maximum absolute atomic E-state index is 11.5. The molecule has 0 saturated carbocycles. The van der Waals surface area contributed by atoms with Gasteiger partial charge in [0, 0.05) is 6.92 Å². The van der Waals surface area contributed by atoms with E-state index in [0.29, 0.717) is 5.69 Å². The number of benzene rings is 1. The van der Waals surface area contributed by atoms with Crippen molar-refractivity contribution in [2.45, 2.75) is 13.8 Å². The number of amides is 1. The third-order valence-electron chi connectivity index (χ3n) is 2.05. The summed E-state index contributed by atoms with van der Waals surface area (Å²) < 4.78 is 4.54. The molecule has 1 aromatic carbocycles. The second-order valence-electron chi connectivity index (χ2n) is 3.55. The molecule has 0 aliphatic heterocycles. The van der Waals surface area contributed by atoms with Gasteiger partial charge in [0.2, 0.25) is 0 Å². The first-order valence-corrected chi connectivity index (χ1v) is 5.52. The van der Waals surface area contributed by atoms with Crippen LogP contribution >= 0.6 is 11.6 Å². The Labute approximate surface area is 109 Å². The molecular weight excluding hydrogens is 258 g/mol. The number of hydrogen-bond acceptors (Lipinski definition) is 4. The van der Waals surface area contributed by atoms with Crippen LogP contribution in [0.5, 0.6) is 0 Å². The van der Waals surface area contributed by atoms with Crippen molar-refractivity contribution in [3.8, 4) is 0 Å². The zero-order chi connectivity index (χ0) is 13.7. The average molecular weight is 270 g/mol. The minimum atomic E-state index is -0.553. The molecule has 0 aliphatic carbocycles. The van der Waals surface area contributed by atoms with Crippen LogP contribution in [0, 0.1) is 0 Å². The summed E-state index contributed by atoms with van der Waals surface area (Å²) in [7, 11) is 0. The maximum atomic E-state index is 11.5. The smallest absolute Gasteiger partial charge is 0.303 e. The van der Waals surface area contributed by atoms with Crippen molar-refractivity contribution >= 4 is 34.9 Å². The highest BCUT2D eigenvalue weighted by atomic mass is 35.5. The topological polar surface area (TPSA) is 72.5 Å². The van der Waals surface area contributed by atoms with Gasteiger partial charge in [-0.2, -0.15) is 0 Å². The van der Waals surface area contributed by atoms with Crippen molar-refractivity contribution in [3.63, 3.8) is 0 Å². The number of halogens is 1. The van der Waals surface area contributed by atoms with E-state index >= 15 is 0 Å². The lowest BCUT2D eigenvalue weighted by molar-refractivity contribution is -0.144. The Hall–Kier alpha value is -1.88. The van der Waals surface area contributed by atoms with E-state index in [1.54, 1.807) is 18.2 Å². The molecule has 1 rings (SSSR count). The van der Waals surface area contributed by atoms with Crippen LogP contribution in [0.2, 0.25) is 5.02 Å². The summed E-state index contributed by atoms with van der Waals surface area (Å²) in [6.45, 7) is 2.15. The van der Waals surface area contributed by atoms with Crippen molar-refractivity contribution < 1.29 is 19.1 Å². The molecule has 18 heavy (non-hydrogen) atoms. The van der Waals surface area contributed by atoms with Crippen LogP contribution < -0.4 is 5.32 Å². The quantitative estimate of drug-likeness (QED) is 0.671. The van der Waals surface area contributed by atoms with E-state index in [1.807, 2.05) is 0 Å². The van der Waals surface area contributed by atoms with Crippen LogP contribution in [0.3, 0.4) is 0 Å². The molecule has 0 aliphatic rings. The Morgan fingerprint density at radius 2 is 1.94 bits per heavy atom. The van der Waals surface area contributed by atoms with E-state index in [-0.39, 0.29) is 16.4 Å². The number of ketones is 1. The number of Topliss-reactive ketones (excluding diaryl/α,β-unsaturated/α-hetero) is 1. The summed E-state index contributed by atoms with van der Waals surface area (Å²) in [6.07, 6.45) is 0. The van der Waals surface area contributed by atoms with Crippen LogP contribution in [0.15, 0.2) is 18.2 Å². The third kappa shape index (κ3) is 3.85. The Bertz CT molecular complexity index is 499. The SMILES string of the molecule is CC(=O)OCC(=O)Nc1cccc(Cl)c1C(C)=O. The number of hydrogen-bond donors (Lipinski definition) is 1. The molecule has 1 aromatic rings. The molecule has 0 heterocycles. The van der Waals surface area contributed by atoms with E-state index in [9.17, 15) is 14.4 Å². The lowest BCUT2D eigenvalue weighted by atomic mass is 10.1. The van der Waals surface area contributed by atoms with Gasteiger partial charge in [0.25, 0.3) is 5.91 Å². The van der Waals surface area contributed by atoms with Crippen molar-refractivity contribution in [1.82, 2.24) is 0 Å². The van der Waals surface area contributed by atoms with Gasteiger partial charge in [0.05, 0.1) is 16.3 Å². The van der Waals surface area contributed by atoms with Gasteiger partial charge in [-0.25, -0.2) is 0 Å². The number of esters is 1. The van der Waals surface area contributed by atoms with E-state index in [4.69, 9.17) is 11.6 Å². The average Bonchev–Trinajstić information content (AvgIpc) is 2.26. The summed E-state index contributed by atoms with van der Waals surface area (Å²) >= 11 is 5.88. The first-order chi connectivity index (χ1) is 8.41. The molecule has 6 heteroatoms. The van der Waals surface area contributed by atoms with E-state index < -0.39 is 18.5 Å². The number of nitrogens with one attached hydrogen (secondary N) is 1. The number of rotatable bonds is 4. The molecule has 0 fully saturated rings. The second-order valence-corrected chi connectivity index (χ2v) is 3.95. The Morgan fingerprint density at radius 1 is 1.28 bits per heavy atom. The molecule has 0 spiro atoms. The van der Waals surface area contributed by atoms with Gasteiger partial charge in [-0.1, -0.05) is 17.7 Å². The van der Waals surface area contributed by atoms with Crippen LogP contribution in [-0.2, 0) is 14.3 Å². The Balaban J connectivity index is 2.84. The normalized spacial score (nSPS) is 9.72. The Kier molecular flexibility index (Phi) is 4.85. The molecule has 5 nitrogen and oxygen atoms in total. The number of carbonyl (C=O) groups excluding carboxylic acids is 3. The summed E-state index contributed by atoms with van der Waals surface area (Å²) in [5, 5.41) is 2.72. The molecule has 96 valence electrons.